The Balaban J connectivity index is 0.00000300. The van der Waals surface area contributed by atoms with Gasteiger partial charge >= 0.3 is 0 Å². The second-order valence-corrected chi connectivity index (χ2v) is 7.82. The zero-order valence-electron chi connectivity index (χ0n) is 18.1. The van der Waals surface area contributed by atoms with Crippen molar-refractivity contribution in [3.05, 3.63) is 18.2 Å². The van der Waals surface area contributed by atoms with Crippen LogP contribution in [-0.2, 0) is 0 Å². The van der Waals surface area contributed by atoms with E-state index in [0.29, 0.717) is 6.04 Å². The fraction of sp³-hybridized carbons (Fsp3) is 0.682. The molecule has 0 bridgehead atoms. The lowest BCUT2D eigenvalue weighted by Crippen LogP contribution is -2.48. The minimum Gasteiger partial charge on any atom is -0.497 e. The Morgan fingerprint density at radius 2 is 1.72 bits per heavy atom. The van der Waals surface area contributed by atoms with E-state index in [9.17, 15) is 0 Å². The normalized spacial score (nSPS) is 17.5. The molecule has 0 radical (unpaired) electrons. The van der Waals surface area contributed by atoms with Crippen molar-refractivity contribution in [2.24, 2.45) is 10.9 Å². The minimum absolute atomic E-state index is 0. The van der Waals surface area contributed by atoms with Crippen LogP contribution in [0.1, 0.15) is 45.4 Å². The molecule has 29 heavy (non-hydrogen) atoms. The van der Waals surface area contributed by atoms with Gasteiger partial charge in [0.05, 0.1) is 14.2 Å². The van der Waals surface area contributed by atoms with E-state index >= 15 is 0 Å². The van der Waals surface area contributed by atoms with E-state index in [1.165, 1.54) is 25.7 Å². The van der Waals surface area contributed by atoms with Crippen LogP contribution in [0.25, 0.3) is 0 Å². The largest absolute Gasteiger partial charge is 0.497 e. The number of guanidine groups is 1. The highest BCUT2D eigenvalue weighted by Gasteiger charge is 2.22. The number of hydrogen-bond donors (Lipinski definition) is 2. The van der Waals surface area contributed by atoms with Crippen LogP contribution in [0.15, 0.2) is 23.2 Å². The summed E-state index contributed by atoms with van der Waals surface area (Å²) in [6, 6.07) is 6.55. The van der Waals surface area contributed by atoms with Crippen LogP contribution in [0.5, 0.6) is 11.5 Å². The average molecular weight is 516 g/mol. The van der Waals surface area contributed by atoms with Gasteiger partial charge in [0, 0.05) is 56.1 Å². The zero-order chi connectivity index (χ0) is 19.8. The molecule has 7 heteroatoms. The van der Waals surface area contributed by atoms with Crippen molar-refractivity contribution in [2.45, 2.75) is 51.5 Å². The van der Waals surface area contributed by atoms with Crippen LogP contribution in [0.3, 0.4) is 0 Å². The van der Waals surface area contributed by atoms with Gasteiger partial charge in [0.2, 0.25) is 0 Å². The second-order valence-electron chi connectivity index (χ2n) is 7.82. The molecule has 1 saturated carbocycles. The quantitative estimate of drug-likeness (QED) is 0.225. The number of aliphatic imine (C=N–C) groups is 1. The highest BCUT2D eigenvalue weighted by molar-refractivity contribution is 14.0. The van der Waals surface area contributed by atoms with Gasteiger partial charge in [-0.15, -0.1) is 24.0 Å². The maximum Gasteiger partial charge on any atom is 0.191 e. The number of rotatable bonds is 9. The number of ether oxygens (including phenoxy) is 2. The third-order valence-corrected chi connectivity index (χ3v) is 5.62. The molecule has 1 aromatic rings. The standard InChI is InChI=1S/C22H36N4O2.HI/c1-4-23-22(24-11-5-6-17-7-8-17)25-18-9-12-26(13-10-18)19-14-20(27-2)16-21(15-19)28-3;/h14-18H,4-13H2,1-3H3,(H2,23,24,25);1H. The summed E-state index contributed by atoms with van der Waals surface area (Å²) in [7, 11) is 3.39. The maximum atomic E-state index is 5.41. The van der Waals surface area contributed by atoms with Gasteiger partial charge < -0.3 is 25.0 Å². The van der Waals surface area contributed by atoms with Crippen molar-refractivity contribution in [1.29, 1.82) is 0 Å². The molecule has 0 aromatic heterocycles. The van der Waals surface area contributed by atoms with Crippen LogP contribution in [-0.4, -0.2) is 52.4 Å². The lowest BCUT2D eigenvalue weighted by molar-refractivity contribution is 0.393. The summed E-state index contributed by atoms with van der Waals surface area (Å²) in [5.41, 5.74) is 1.16. The third kappa shape index (κ3) is 7.75. The maximum absolute atomic E-state index is 5.41. The lowest BCUT2D eigenvalue weighted by atomic mass is 10.0. The number of nitrogens with one attached hydrogen (secondary N) is 2. The SMILES string of the molecule is CCNC(=NCCCC1CC1)NC1CCN(c2cc(OC)cc(OC)c2)CC1.I. The fourth-order valence-corrected chi connectivity index (χ4v) is 3.75. The zero-order valence-corrected chi connectivity index (χ0v) is 20.4. The minimum atomic E-state index is 0. The highest BCUT2D eigenvalue weighted by atomic mass is 127. The van der Waals surface area contributed by atoms with E-state index in [1.54, 1.807) is 14.2 Å². The van der Waals surface area contributed by atoms with Gasteiger partial charge in [0.15, 0.2) is 5.96 Å². The molecule has 0 amide bonds. The molecule has 6 nitrogen and oxygen atoms in total. The van der Waals surface area contributed by atoms with Gasteiger partial charge in [-0.2, -0.15) is 0 Å². The van der Waals surface area contributed by atoms with Crippen LogP contribution in [0, 0.1) is 5.92 Å². The van der Waals surface area contributed by atoms with Crippen molar-refractivity contribution >= 4 is 35.6 Å². The lowest BCUT2D eigenvalue weighted by Gasteiger charge is -2.34. The van der Waals surface area contributed by atoms with Crippen molar-refractivity contribution in [1.82, 2.24) is 10.6 Å². The van der Waals surface area contributed by atoms with Crippen LogP contribution in [0.4, 0.5) is 5.69 Å². The van der Waals surface area contributed by atoms with Gasteiger partial charge in [-0.25, -0.2) is 0 Å². The van der Waals surface area contributed by atoms with Gasteiger partial charge in [-0.3, -0.25) is 4.99 Å². The Morgan fingerprint density at radius 1 is 1.07 bits per heavy atom. The summed E-state index contributed by atoms with van der Waals surface area (Å²) in [4.78, 5) is 7.18. The van der Waals surface area contributed by atoms with Gasteiger partial charge in [0.1, 0.15) is 11.5 Å². The molecule has 1 aromatic carbocycles. The molecule has 0 spiro atoms. The van der Waals surface area contributed by atoms with Crippen molar-refractivity contribution in [3.63, 3.8) is 0 Å². The first-order chi connectivity index (χ1) is 13.7. The van der Waals surface area contributed by atoms with E-state index in [4.69, 9.17) is 14.5 Å². The summed E-state index contributed by atoms with van der Waals surface area (Å²) >= 11 is 0. The molecule has 1 heterocycles. The summed E-state index contributed by atoms with van der Waals surface area (Å²) < 4.78 is 10.8. The van der Waals surface area contributed by atoms with Crippen molar-refractivity contribution < 1.29 is 9.47 Å². The first-order valence-electron chi connectivity index (χ1n) is 10.7. The van der Waals surface area contributed by atoms with Gasteiger partial charge in [-0.1, -0.05) is 12.8 Å². The van der Waals surface area contributed by atoms with E-state index in [2.05, 4.69) is 34.6 Å². The number of methoxy groups -OCH3 is 2. The Hall–Kier alpha value is -1.38. The molecule has 2 fully saturated rings. The predicted molar refractivity (Wildman–Crippen MR) is 131 cm³/mol. The highest BCUT2D eigenvalue weighted by Crippen LogP contribution is 2.33. The molecule has 1 aliphatic heterocycles. The van der Waals surface area contributed by atoms with Crippen LogP contribution < -0.4 is 25.0 Å². The second kappa shape index (κ2) is 12.3. The van der Waals surface area contributed by atoms with Crippen molar-refractivity contribution in [2.75, 3.05) is 45.3 Å². The Kier molecular flexibility index (Phi) is 10.2. The van der Waals surface area contributed by atoms with Crippen LogP contribution >= 0.6 is 24.0 Å². The fourth-order valence-electron chi connectivity index (χ4n) is 3.75. The molecule has 3 rings (SSSR count). The summed E-state index contributed by atoms with van der Waals surface area (Å²) in [5, 5.41) is 7.04. The average Bonchev–Trinajstić information content (AvgIpc) is 3.56. The van der Waals surface area contributed by atoms with Gasteiger partial charge in [-0.05, 0) is 38.5 Å². The molecule has 164 valence electrons. The summed E-state index contributed by atoms with van der Waals surface area (Å²) in [6.45, 7) is 5.97. The molecule has 1 aliphatic carbocycles. The number of anilines is 1. The predicted octanol–water partition coefficient (Wildman–Crippen LogP) is 4.04. The Morgan fingerprint density at radius 3 is 2.28 bits per heavy atom. The molecular weight excluding hydrogens is 479 g/mol. The Bertz CT molecular complexity index is 621. The smallest absolute Gasteiger partial charge is 0.191 e. The van der Waals surface area contributed by atoms with E-state index in [0.717, 1.165) is 68.1 Å². The molecule has 1 saturated heterocycles. The number of nitrogens with zero attached hydrogens (tertiary/aromatic N) is 2. The van der Waals surface area contributed by atoms with Crippen LogP contribution in [0.2, 0.25) is 0 Å². The van der Waals surface area contributed by atoms with E-state index in [1.807, 2.05) is 6.07 Å². The summed E-state index contributed by atoms with van der Waals surface area (Å²) in [6.07, 6.45) is 7.58. The summed E-state index contributed by atoms with van der Waals surface area (Å²) in [5.74, 6) is 3.63. The monoisotopic (exact) mass is 516 g/mol. The first kappa shape index (κ1) is 23.9. The molecule has 2 N–H and O–H groups in total. The van der Waals surface area contributed by atoms with Crippen molar-refractivity contribution in [3.8, 4) is 11.5 Å². The molecular formula is C22H37IN4O2. The number of piperidine rings is 1. The van der Waals surface area contributed by atoms with Gasteiger partial charge in [0.25, 0.3) is 0 Å². The van der Waals surface area contributed by atoms with E-state index < -0.39 is 0 Å². The number of benzene rings is 1. The molecule has 2 aliphatic rings. The topological polar surface area (TPSA) is 58.1 Å². The third-order valence-electron chi connectivity index (χ3n) is 5.62. The number of halogens is 1. The Labute approximate surface area is 192 Å². The molecule has 0 unspecified atom stereocenters. The first-order valence-corrected chi connectivity index (χ1v) is 10.7. The molecule has 0 atom stereocenters. The van der Waals surface area contributed by atoms with E-state index in [-0.39, 0.29) is 24.0 Å². The number of hydrogen-bond acceptors (Lipinski definition) is 4.